The monoisotopic (exact) mass is 340 g/mol. The molecule has 0 fully saturated rings. The molecule has 1 aliphatic rings. The summed E-state index contributed by atoms with van der Waals surface area (Å²) >= 11 is 0. The summed E-state index contributed by atoms with van der Waals surface area (Å²) in [6, 6.07) is 0. The van der Waals surface area contributed by atoms with Gasteiger partial charge in [0.25, 0.3) is 5.88 Å². The molecule has 1 aliphatic heterocycles. The Hall–Kier alpha value is -0.910. The Bertz CT molecular complexity index is 385. The summed E-state index contributed by atoms with van der Waals surface area (Å²) in [6.45, 7) is 7.77. The van der Waals surface area contributed by atoms with Crippen LogP contribution in [-0.2, 0) is 4.89 Å². The number of aliphatic hydroxyl groups excluding tert-OH is 1. The average molecular weight is 341 g/mol. The van der Waals surface area contributed by atoms with Crippen LogP contribution < -0.4 is 5.26 Å². The minimum Gasteiger partial charge on any atom is -0.660 e. The number of amidine groups is 1. The van der Waals surface area contributed by atoms with E-state index in [1.165, 1.54) is 57.8 Å². The predicted molar refractivity (Wildman–Crippen MR) is 96.1 cm³/mol. The Morgan fingerprint density at radius 1 is 1.12 bits per heavy atom. The van der Waals surface area contributed by atoms with E-state index in [0.29, 0.717) is 19.6 Å². The lowest BCUT2D eigenvalue weighted by Gasteiger charge is -2.35. The third-order valence-corrected chi connectivity index (χ3v) is 5.08. The van der Waals surface area contributed by atoms with Crippen molar-refractivity contribution in [1.82, 2.24) is 0 Å². The molecule has 0 aromatic rings. The topological polar surface area (TPSA) is 64.9 Å². The zero-order valence-corrected chi connectivity index (χ0v) is 15.5. The van der Waals surface area contributed by atoms with Gasteiger partial charge in [0.2, 0.25) is 5.84 Å². The van der Waals surface area contributed by atoms with Crippen LogP contribution in [0.3, 0.4) is 0 Å². The maximum Gasteiger partial charge on any atom is 0.284 e. The molecule has 0 spiro atoms. The molecule has 0 amide bonds. The molecule has 140 valence electrons. The van der Waals surface area contributed by atoms with Crippen LogP contribution in [0.5, 0.6) is 0 Å². The van der Waals surface area contributed by atoms with Gasteiger partial charge in [0.1, 0.15) is 13.1 Å². The summed E-state index contributed by atoms with van der Waals surface area (Å²) in [5.74, 6) is 1.11. The SMILES string of the molecule is C=C(O[O-])[N+]1(CCO)CCN=C1CCCCCCCCCCCC. The van der Waals surface area contributed by atoms with Crippen molar-refractivity contribution in [2.45, 2.75) is 77.6 Å². The van der Waals surface area contributed by atoms with Crippen molar-refractivity contribution < 1.29 is 19.7 Å². The normalized spacial score (nSPS) is 20.2. The number of nitrogens with zero attached hydrogens (tertiary/aromatic N) is 2. The fraction of sp³-hybridized carbons (Fsp3) is 0.842. The zero-order valence-electron chi connectivity index (χ0n) is 15.5. The van der Waals surface area contributed by atoms with Gasteiger partial charge in [-0.3, -0.25) is 0 Å². The molecule has 1 heterocycles. The second-order valence-electron chi connectivity index (χ2n) is 6.85. The van der Waals surface area contributed by atoms with Crippen molar-refractivity contribution in [3.05, 3.63) is 12.5 Å². The van der Waals surface area contributed by atoms with E-state index in [0.717, 1.165) is 18.7 Å². The molecule has 0 saturated heterocycles. The molecule has 1 N–H and O–H groups in total. The Balaban J connectivity index is 2.20. The van der Waals surface area contributed by atoms with E-state index in [1.807, 2.05) is 0 Å². The van der Waals surface area contributed by atoms with Gasteiger partial charge in [-0.1, -0.05) is 64.7 Å². The second kappa shape index (κ2) is 12.5. The first-order chi connectivity index (χ1) is 11.7. The van der Waals surface area contributed by atoms with Crippen LogP contribution in [0.4, 0.5) is 0 Å². The summed E-state index contributed by atoms with van der Waals surface area (Å²) in [5.41, 5.74) is 0. The molecule has 0 bridgehead atoms. The van der Waals surface area contributed by atoms with Gasteiger partial charge in [0.05, 0.1) is 13.2 Å². The first-order valence-corrected chi connectivity index (χ1v) is 9.72. The van der Waals surface area contributed by atoms with Gasteiger partial charge < -0.3 is 15.3 Å². The lowest BCUT2D eigenvalue weighted by molar-refractivity contribution is -0.860. The summed E-state index contributed by atoms with van der Waals surface area (Å²) in [5, 5.41) is 20.2. The quantitative estimate of drug-likeness (QED) is 0.164. The highest BCUT2D eigenvalue weighted by Gasteiger charge is 2.41. The fourth-order valence-electron chi connectivity index (χ4n) is 3.55. The summed E-state index contributed by atoms with van der Waals surface area (Å²) in [6.07, 6.45) is 13.8. The molecule has 0 aromatic heterocycles. The fourth-order valence-corrected chi connectivity index (χ4v) is 3.55. The smallest absolute Gasteiger partial charge is 0.284 e. The van der Waals surface area contributed by atoms with E-state index in [1.54, 1.807) is 0 Å². The van der Waals surface area contributed by atoms with Crippen molar-refractivity contribution in [2.24, 2.45) is 4.99 Å². The van der Waals surface area contributed by atoms with Crippen molar-refractivity contribution in [3.63, 3.8) is 0 Å². The van der Waals surface area contributed by atoms with Crippen molar-refractivity contribution in [2.75, 3.05) is 26.2 Å². The molecule has 0 radical (unpaired) electrons. The van der Waals surface area contributed by atoms with Gasteiger partial charge in [0, 0.05) is 13.0 Å². The maximum atomic E-state index is 10.8. The van der Waals surface area contributed by atoms with E-state index in [4.69, 9.17) is 0 Å². The molecule has 5 heteroatoms. The number of rotatable bonds is 15. The Morgan fingerprint density at radius 3 is 2.25 bits per heavy atom. The molecule has 5 nitrogen and oxygen atoms in total. The Kier molecular flexibility index (Phi) is 11.0. The number of aliphatic hydroxyl groups is 1. The number of hydrogen-bond acceptors (Lipinski definition) is 4. The summed E-state index contributed by atoms with van der Waals surface area (Å²) in [4.78, 5) is 8.71. The second-order valence-corrected chi connectivity index (χ2v) is 6.85. The van der Waals surface area contributed by atoms with E-state index in [9.17, 15) is 10.4 Å². The highest BCUT2D eigenvalue weighted by Crippen LogP contribution is 2.25. The van der Waals surface area contributed by atoms with Gasteiger partial charge in [-0.2, -0.15) is 0 Å². The highest BCUT2D eigenvalue weighted by molar-refractivity contribution is 5.77. The maximum absolute atomic E-state index is 10.8. The number of hydrogen-bond donors (Lipinski definition) is 1. The molecule has 1 atom stereocenters. The van der Waals surface area contributed by atoms with Gasteiger partial charge in [0.15, 0.2) is 0 Å². The van der Waals surface area contributed by atoms with Crippen LogP contribution in [0, 0.1) is 0 Å². The van der Waals surface area contributed by atoms with Crippen molar-refractivity contribution in [1.29, 1.82) is 0 Å². The lowest BCUT2D eigenvalue weighted by atomic mass is 10.1. The number of quaternary nitrogens is 1. The average Bonchev–Trinajstić information content (AvgIpc) is 3.00. The lowest BCUT2D eigenvalue weighted by Crippen LogP contribution is -2.52. The molecule has 1 rings (SSSR count). The number of aliphatic imine (C=N–C) groups is 1. The van der Waals surface area contributed by atoms with Gasteiger partial charge in [-0.15, -0.1) is 0 Å². The molecule has 0 saturated carbocycles. The molecular formula is C19H36N2O3. The zero-order chi connectivity index (χ0) is 17.7. The molecule has 0 aromatic carbocycles. The van der Waals surface area contributed by atoms with E-state index in [-0.39, 0.29) is 17.0 Å². The molecular weight excluding hydrogens is 304 g/mol. The van der Waals surface area contributed by atoms with Gasteiger partial charge in [-0.25, -0.2) is 9.48 Å². The van der Waals surface area contributed by atoms with Crippen LogP contribution in [0.15, 0.2) is 17.5 Å². The minimum absolute atomic E-state index is 0.000564. The van der Waals surface area contributed by atoms with Crippen LogP contribution in [-0.4, -0.2) is 41.7 Å². The Labute approximate surface area is 147 Å². The Morgan fingerprint density at radius 2 is 1.71 bits per heavy atom. The largest absolute Gasteiger partial charge is 0.660 e. The highest BCUT2D eigenvalue weighted by atomic mass is 17.1. The standard InChI is InChI=1S/C19H36N2O3/c1-3-4-5-6-7-8-9-10-11-12-13-19-20-14-15-21(19,16-17-22)18(2)24-23/h22H,2-17H2,1H3. The van der Waals surface area contributed by atoms with Crippen molar-refractivity contribution >= 4 is 5.84 Å². The first kappa shape index (κ1) is 21.1. The van der Waals surface area contributed by atoms with Crippen LogP contribution >= 0.6 is 0 Å². The van der Waals surface area contributed by atoms with Gasteiger partial charge in [-0.05, 0) is 6.42 Å². The van der Waals surface area contributed by atoms with E-state index in [2.05, 4.69) is 23.4 Å². The van der Waals surface area contributed by atoms with Crippen molar-refractivity contribution in [3.8, 4) is 0 Å². The van der Waals surface area contributed by atoms with Crippen LogP contribution in [0.25, 0.3) is 0 Å². The van der Waals surface area contributed by atoms with E-state index < -0.39 is 0 Å². The van der Waals surface area contributed by atoms with E-state index >= 15 is 0 Å². The summed E-state index contributed by atoms with van der Waals surface area (Å²) in [7, 11) is 0. The summed E-state index contributed by atoms with van der Waals surface area (Å²) < 4.78 is 0.234. The third-order valence-electron chi connectivity index (χ3n) is 5.08. The van der Waals surface area contributed by atoms with Crippen LogP contribution in [0.2, 0.25) is 0 Å². The molecule has 24 heavy (non-hydrogen) atoms. The minimum atomic E-state index is -0.000564. The predicted octanol–water partition coefficient (Wildman–Crippen LogP) is 3.28. The first-order valence-electron chi connectivity index (χ1n) is 9.72. The third kappa shape index (κ3) is 6.54. The molecule has 1 unspecified atom stereocenters. The van der Waals surface area contributed by atoms with Crippen LogP contribution in [0.1, 0.15) is 77.6 Å². The molecule has 0 aliphatic carbocycles. The number of unbranched alkanes of at least 4 members (excludes halogenated alkanes) is 9. The van der Waals surface area contributed by atoms with Gasteiger partial charge >= 0.3 is 0 Å².